The summed E-state index contributed by atoms with van der Waals surface area (Å²) in [7, 11) is 1.58. The highest BCUT2D eigenvalue weighted by Crippen LogP contribution is 2.09. The number of thiazole rings is 1. The van der Waals surface area contributed by atoms with E-state index in [9.17, 15) is 5.11 Å². The zero-order chi connectivity index (χ0) is 11.1. The summed E-state index contributed by atoms with van der Waals surface area (Å²) in [6.07, 6.45) is 0.538. The van der Waals surface area contributed by atoms with Gasteiger partial charge in [0.05, 0.1) is 23.4 Å². The van der Waals surface area contributed by atoms with Gasteiger partial charge in [-0.2, -0.15) is 0 Å². The van der Waals surface area contributed by atoms with E-state index in [4.69, 9.17) is 4.74 Å². The van der Waals surface area contributed by atoms with E-state index in [1.54, 1.807) is 18.4 Å². The van der Waals surface area contributed by atoms with Crippen LogP contribution >= 0.6 is 11.3 Å². The van der Waals surface area contributed by atoms with E-state index in [0.29, 0.717) is 19.7 Å². The molecule has 2 N–H and O–H groups in total. The number of ether oxygens (including phenoxy) is 1. The minimum Gasteiger partial charge on any atom is -0.389 e. The number of aryl methyl sites for hydroxylation is 1. The van der Waals surface area contributed by atoms with Crippen LogP contribution in [0.1, 0.15) is 17.6 Å². The van der Waals surface area contributed by atoms with Crippen LogP contribution < -0.4 is 5.32 Å². The summed E-state index contributed by atoms with van der Waals surface area (Å²) < 4.78 is 4.82. The number of nitrogens with zero attached hydrogens (tertiary/aromatic N) is 1. The molecular weight excluding hydrogens is 212 g/mol. The van der Waals surface area contributed by atoms with Gasteiger partial charge in [0.2, 0.25) is 0 Å². The third kappa shape index (κ3) is 4.70. The molecule has 0 aromatic carbocycles. The summed E-state index contributed by atoms with van der Waals surface area (Å²) in [5.41, 5.74) is 1.04. The summed E-state index contributed by atoms with van der Waals surface area (Å²) >= 11 is 1.68. The summed E-state index contributed by atoms with van der Waals surface area (Å²) in [5.74, 6) is 0. The Hall–Kier alpha value is -0.490. The number of hydrogen-bond donors (Lipinski definition) is 2. The van der Waals surface area contributed by atoms with Gasteiger partial charge in [0.15, 0.2) is 0 Å². The molecule has 1 atom stereocenters. The van der Waals surface area contributed by atoms with Crippen molar-refractivity contribution in [3.8, 4) is 0 Å². The summed E-state index contributed by atoms with van der Waals surface area (Å²) in [5, 5.41) is 15.7. The number of aromatic nitrogens is 1. The Morgan fingerprint density at radius 1 is 1.67 bits per heavy atom. The molecule has 0 aliphatic carbocycles. The van der Waals surface area contributed by atoms with Gasteiger partial charge in [0.25, 0.3) is 0 Å². The van der Waals surface area contributed by atoms with Crippen molar-refractivity contribution in [2.75, 3.05) is 20.3 Å². The molecule has 0 aliphatic rings. The van der Waals surface area contributed by atoms with Crippen molar-refractivity contribution in [2.45, 2.75) is 26.0 Å². The number of rotatable bonds is 7. The number of hydrogen-bond acceptors (Lipinski definition) is 5. The summed E-state index contributed by atoms with van der Waals surface area (Å²) in [6.45, 7) is 3.70. The van der Waals surface area contributed by atoms with Gasteiger partial charge in [-0.1, -0.05) is 6.92 Å². The van der Waals surface area contributed by atoms with Crippen molar-refractivity contribution in [1.82, 2.24) is 10.3 Å². The maximum Gasteiger partial charge on any atom is 0.0926 e. The molecule has 0 radical (unpaired) electrons. The van der Waals surface area contributed by atoms with Crippen LogP contribution in [-0.2, 0) is 17.7 Å². The lowest BCUT2D eigenvalue weighted by atomic mass is 10.3. The maximum atomic E-state index is 9.37. The van der Waals surface area contributed by atoms with Crippen LogP contribution in [0, 0.1) is 0 Å². The third-order valence-corrected chi connectivity index (χ3v) is 2.99. The van der Waals surface area contributed by atoms with Gasteiger partial charge >= 0.3 is 0 Å². The first-order valence-electron chi connectivity index (χ1n) is 5.07. The highest BCUT2D eigenvalue weighted by Gasteiger charge is 2.03. The van der Waals surface area contributed by atoms with Crippen LogP contribution in [-0.4, -0.2) is 36.5 Å². The van der Waals surface area contributed by atoms with Gasteiger partial charge in [-0.25, -0.2) is 4.98 Å². The molecule has 0 bridgehead atoms. The Morgan fingerprint density at radius 3 is 3.07 bits per heavy atom. The Labute approximate surface area is 94.3 Å². The fraction of sp³-hybridized carbons (Fsp3) is 0.700. The highest BCUT2D eigenvalue weighted by atomic mass is 32.1. The average molecular weight is 230 g/mol. The number of nitrogens with one attached hydrogen (secondary N) is 1. The fourth-order valence-corrected chi connectivity index (χ4v) is 1.96. The molecule has 1 aromatic heterocycles. The smallest absolute Gasteiger partial charge is 0.0926 e. The first kappa shape index (κ1) is 12.6. The molecule has 0 fully saturated rings. The lowest BCUT2D eigenvalue weighted by Gasteiger charge is -2.09. The molecular formula is C10H18N2O2S. The molecule has 0 aliphatic heterocycles. The predicted molar refractivity (Wildman–Crippen MR) is 61.1 cm³/mol. The van der Waals surface area contributed by atoms with Crippen LogP contribution in [0.25, 0.3) is 0 Å². The topological polar surface area (TPSA) is 54.4 Å². The molecule has 1 unspecified atom stereocenters. The van der Waals surface area contributed by atoms with Crippen LogP contribution in [0.4, 0.5) is 0 Å². The standard InChI is InChI=1S/C10H18N2O2S/c1-3-10-12-8(7-15-10)4-11-5-9(13)6-14-2/h7,9,11,13H,3-6H2,1-2H3. The largest absolute Gasteiger partial charge is 0.389 e. The minimum atomic E-state index is -0.445. The summed E-state index contributed by atoms with van der Waals surface area (Å²) in [4.78, 5) is 4.41. The number of methoxy groups -OCH3 is 1. The molecule has 1 rings (SSSR count). The average Bonchev–Trinajstić information content (AvgIpc) is 2.66. The van der Waals surface area contributed by atoms with Gasteiger partial charge in [-0.05, 0) is 6.42 Å². The molecule has 0 saturated heterocycles. The van der Waals surface area contributed by atoms with Crippen LogP contribution in [0.5, 0.6) is 0 Å². The SMILES string of the molecule is CCc1nc(CNCC(O)COC)cs1. The van der Waals surface area contributed by atoms with Crippen molar-refractivity contribution >= 4 is 11.3 Å². The quantitative estimate of drug-likeness (QED) is 0.727. The second kappa shape index (κ2) is 6.90. The number of aliphatic hydroxyl groups is 1. The minimum absolute atomic E-state index is 0.365. The molecule has 15 heavy (non-hydrogen) atoms. The summed E-state index contributed by atoms with van der Waals surface area (Å²) in [6, 6.07) is 0. The van der Waals surface area contributed by atoms with Crippen LogP contribution in [0.2, 0.25) is 0 Å². The van der Waals surface area contributed by atoms with Crippen molar-refractivity contribution in [2.24, 2.45) is 0 Å². The molecule has 0 saturated carbocycles. The Kier molecular flexibility index (Phi) is 5.78. The zero-order valence-electron chi connectivity index (χ0n) is 9.19. The monoisotopic (exact) mass is 230 g/mol. The predicted octanol–water partition coefficient (Wildman–Crippen LogP) is 0.802. The third-order valence-electron chi connectivity index (χ3n) is 1.95. The molecule has 0 spiro atoms. The molecule has 5 heteroatoms. The number of aliphatic hydroxyl groups excluding tert-OH is 1. The van der Waals surface area contributed by atoms with E-state index in [1.165, 1.54) is 0 Å². The van der Waals surface area contributed by atoms with Gasteiger partial charge < -0.3 is 15.2 Å². The maximum absolute atomic E-state index is 9.37. The Balaban J connectivity index is 2.19. The van der Waals surface area contributed by atoms with Gasteiger partial charge in [0, 0.05) is 25.6 Å². The first-order chi connectivity index (χ1) is 7.26. The Bertz CT molecular complexity index is 278. The zero-order valence-corrected chi connectivity index (χ0v) is 10.0. The van der Waals surface area contributed by atoms with E-state index in [0.717, 1.165) is 17.1 Å². The lowest BCUT2D eigenvalue weighted by Crippen LogP contribution is -2.29. The highest BCUT2D eigenvalue weighted by molar-refractivity contribution is 7.09. The molecule has 1 aromatic rings. The van der Waals surface area contributed by atoms with E-state index in [-0.39, 0.29) is 0 Å². The van der Waals surface area contributed by atoms with Gasteiger partial charge in [-0.15, -0.1) is 11.3 Å². The first-order valence-corrected chi connectivity index (χ1v) is 5.95. The normalized spacial score (nSPS) is 13.0. The second-order valence-electron chi connectivity index (χ2n) is 3.33. The molecule has 4 nitrogen and oxygen atoms in total. The van der Waals surface area contributed by atoms with Crippen molar-refractivity contribution < 1.29 is 9.84 Å². The van der Waals surface area contributed by atoms with Crippen LogP contribution in [0.15, 0.2) is 5.38 Å². The lowest BCUT2D eigenvalue weighted by molar-refractivity contribution is 0.0643. The van der Waals surface area contributed by atoms with Crippen LogP contribution in [0.3, 0.4) is 0 Å². The van der Waals surface area contributed by atoms with E-state index >= 15 is 0 Å². The van der Waals surface area contributed by atoms with Gasteiger partial charge in [-0.3, -0.25) is 0 Å². The van der Waals surface area contributed by atoms with Crippen molar-refractivity contribution in [3.05, 3.63) is 16.1 Å². The van der Waals surface area contributed by atoms with E-state index in [1.807, 2.05) is 0 Å². The van der Waals surface area contributed by atoms with Gasteiger partial charge in [0.1, 0.15) is 0 Å². The molecule has 86 valence electrons. The van der Waals surface area contributed by atoms with E-state index in [2.05, 4.69) is 22.6 Å². The molecule has 0 amide bonds. The Morgan fingerprint density at radius 2 is 2.47 bits per heavy atom. The second-order valence-corrected chi connectivity index (χ2v) is 4.27. The molecule has 1 heterocycles. The van der Waals surface area contributed by atoms with E-state index < -0.39 is 6.10 Å². The van der Waals surface area contributed by atoms with Crippen molar-refractivity contribution in [1.29, 1.82) is 0 Å². The van der Waals surface area contributed by atoms with Crippen molar-refractivity contribution in [3.63, 3.8) is 0 Å². The fourth-order valence-electron chi connectivity index (χ4n) is 1.21.